The molecule has 4 heteroatoms. The van der Waals surface area contributed by atoms with Gasteiger partial charge in [0.25, 0.3) is 0 Å². The first-order valence-corrected chi connectivity index (χ1v) is 4.18. The Balaban J connectivity index is 3.08. The second kappa shape index (κ2) is 4.25. The van der Waals surface area contributed by atoms with E-state index in [9.17, 15) is 4.79 Å². The lowest BCUT2D eigenvalue weighted by molar-refractivity contribution is -0.108. The van der Waals surface area contributed by atoms with Crippen molar-refractivity contribution in [2.45, 2.75) is 19.4 Å². The standard InChI is InChI=1S/C10H9N3O/c1-8(2-3-14)13-7-9(5-11)4-10(13)6-12/h3-4,7-8H,2H2,1H3. The highest BCUT2D eigenvalue weighted by atomic mass is 16.1. The largest absolute Gasteiger partial charge is 0.335 e. The number of hydrogen-bond acceptors (Lipinski definition) is 3. The average molecular weight is 187 g/mol. The quantitative estimate of drug-likeness (QED) is 0.671. The third-order valence-corrected chi connectivity index (χ3v) is 2.00. The lowest BCUT2D eigenvalue weighted by Crippen LogP contribution is -2.06. The number of aromatic nitrogens is 1. The van der Waals surface area contributed by atoms with Gasteiger partial charge < -0.3 is 9.36 Å². The van der Waals surface area contributed by atoms with E-state index in [0.29, 0.717) is 17.7 Å². The maximum atomic E-state index is 10.3. The van der Waals surface area contributed by atoms with Crippen LogP contribution in [-0.4, -0.2) is 10.9 Å². The summed E-state index contributed by atoms with van der Waals surface area (Å²) in [6.45, 7) is 1.83. The van der Waals surface area contributed by atoms with Crippen molar-refractivity contribution >= 4 is 6.29 Å². The molecule has 1 rings (SSSR count). The summed E-state index contributed by atoms with van der Waals surface area (Å²) >= 11 is 0. The smallest absolute Gasteiger partial charge is 0.122 e. The fourth-order valence-corrected chi connectivity index (χ4v) is 1.25. The third-order valence-electron chi connectivity index (χ3n) is 2.00. The van der Waals surface area contributed by atoms with Gasteiger partial charge in [-0.15, -0.1) is 0 Å². The Hall–Kier alpha value is -2.07. The van der Waals surface area contributed by atoms with Gasteiger partial charge in [-0.05, 0) is 13.0 Å². The van der Waals surface area contributed by atoms with Gasteiger partial charge in [0.1, 0.15) is 24.1 Å². The van der Waals surface area contributed by atoms with Crippen molar-refractivity contribution in [1.82, 2.24) is 4.57 Å². The van der Waals surface area contributed by atoms with Crippen molar-refractivity contribution in [3.05, 3.63) is 23.5 Å². The first-order valence-electron chi connectivity index (χ1n) is 4.18. The summed E-state index contributed by atoms with van der Waals surface area (Å²) < 4.78 is 1.65. The predicted molar refractivity (Wildman–Crippen MR) is 49.3 cm³/mol. The summed E-state index contributed by atoms with van der Waals surface area (Å²) in [4.78, 5) is 10.3. The van der Waals surface area contributed by atoms with Crippen LogP contribution < -0.4 is 0 Å². The van der Waals surface area contributed by atoms with Crippen molar-refractivity contribution in [2.24, 2.45) is 0 Å². The number of carbonyl (C=O) groups is 1. The molecular weight excluding hydrogens is 178 g/mol. The number of nitrogens with zero attached hydrogens (tertiary/aromatic N) is 3. The molecule has 0 saturated heterocycles. The molecule has 0 aromatic carbocycles. The van der Waals surface area contributed by atoms with Crippen LogP contribution in [0.15, 0.2) is 12.3 Å². The van der Waals surface area contributed by atoms with Gasteiger partial charge in [0, 0.05) is 18.7 Å². The minimum absolute atomic E-state index is 0.0794. The number of rotatable bonds is 3. The topological polar surface area (TPSA) is 69.6 Å². The van der Waals surface area contributed by atoms with Gasteiger partial charge in [0.05, 0.1) is 5.56 Å². The molecule has 14 heavy (non-hydrogen) atoms. The van der Waals surface area contributed by atoms with Crippen LogP contribution in [0.25, 0.3) is 0 Å². The fourth-order valence-electron chi connectivity index (χ4n) is 1.25. The zero-order valence-electron chi connectivity index (χ0n) is 7.77. The Kier molecular flexibility index (Phi) is 3.04. The van der Waals surface area contributed by atoms with Crippen molar-refractivity contribution in [3.63, 3.8) is 0 Å². The molecule has 0 aliphatic heterocycles. The molecule has 0 fully saturated rings. The summed E-state index contributed by atoms with van der Waals surface area (Å²) in [5.41, 5.74) is 0.857. The van der Waals surface area contributed by atoms with Crippen LogP contribution in [0.4, 0.5) is 0 Å². The average Bonchev–Trinajstić information content (AvgIpc) is 2.61. The molecule has 0 radical (unpaired) electrons. The summed E-state index contributed by atoms with van der Waals surface area (Å²) in [6.07, 6.45) is 2.73. The maximum Gasteiger partial charge on any atom is 0.122 e. The Morgan fingerprint density at radius 3 is 2.79 bits per heavy atom. The molecule has 1 heterocycles. The summed E-state index contributed by atoms with van der Waals surface area (Å²) in [5.74, 6) is 0. The van der Waals surface area contributed by atoms with E-state index in [4.69, 9.17) is 10.5 Å². The van der Waals surface area contributed by atoms with Crippen molar-refractivity contribution in [3.8, 4) is 12.1 Å². The van der Waals surface area contributed by atoms with Crippen molar-refractivity contribution in [1.29, 1.82) is 10.5 Å². The molecule has 1 aromatic rings. The van der Waals surface area contributed by atoms with E-state index in [1.165, 1.54) is 6.07 Å². The number of hydrogen-bond donors (Lipinski definition) is 0. The van der Waals surface area contributed by atoms with Gasteiger partial charge in [-0.25, -0.2) is 0 Å². The molecule has 4 nitrogen and oxygen atoms in total. The van der Waals surface area contributed by atoms with Gasteiger partial charge in [-0.1, -0.05) is 0 Å². The monoisotopic (exact) mass is 187 g/mol. The molecular formula is C10H9N3O. The molecule has 1 aromatic heterocycles. The summed E-state index contributed by atoms with van der Waals surface area (Å²) in [5, 5.41) is 17.4. The van der Waals surface area contributed by atoms with Crippen LogP contribution in [0.2, 0.25) is 0 Å². The third kappa shape index (κ3) is 1.81. The van der Waals surface area contributed by atoms with E-state index in [1.54, 1.807) is 10.8 Å². The molecule has 0 N–H and O–H groups in total. The van der Waals surface area contributed by atoms with Crippen LogP contribution >= 0.6 is 0 Å². The van der Waals surface area contributed by atoms with Gasteiger partial charge in [-0.3, -0.25) is 0 Å². The first kappa shape index (κ1) is 10.0. The highest BCUT2D eigenvalue weighted by molar-refractivity contribution is 5.50. The minimum Gasteiger partial charge on any atom is -0.335 e. The van der Waals surface area contributed by atoms with E-state index in [-0.39, 0.29) is 6.04 Å². The van der Waals surface area contributed by atoms with Gasteiger partial charge >= 0.3 is 0 Å². The van der Waals surface area contributed by atoms with Crippen LogP contribution in [-0.2, 0) is 4.79 Å². The van der Waals surface area contributed by atoms with Crippen LogP contribution in [0.1, 0.15) is 30.6 Å². The molecule has 0 saturated carbocycles. The molecule has 0 amide bonds. The van der Waals surface area contributed by atoms with Gasteiger partial charge in [-0.2, -0.15) is 10.5 Å². The van der Waals surface area contributed by atoms with E-state index in [2.05, 4.69) is 0 Å². The molecule has 70 valence electrons. The Labute approximate surface area is 82.0 Å². The fraction of sp³-hybridized carbons (Fsp3) is 0.300. The lowest BCUT2D eigenvalue weighted by Gasteiger charge is -2.10. The molecule has 0 bridgehead atoms. The normalized spacial score (nSPS) is 11.4. The van der Waals surface area contributed by atoms with Crippen LogP contribution in [0, 0.1) is 22.7 Å². The van der Waals surface area contributed by atoms with E-state index in [0.717, 1.165) is 6.29 Å². The molecule has 0 spiro atoms. The number of nitriles is 2. The second-order valence-electron chi connectivity index (χ2n) is 3.00. The number of carbonyl (C=O) groups excluding carboxylic acids is 1. The maximum absolute atomic E-state index is 10.3. The highest BCUT2D eigenvalue weighted by Gasteiger charge is 2.10. The van der Waals surface area contributed by atoms with Gasteiger partial charge in [0.2, 0.25) is 0 Å². The molecule has 1 atom stereocenters. The first-order chi connectivity index (χ1) is 6.72. The Morgan fingerprint density at radius 2 is 2.29 bits per heavy atom. The lowest BCUT2D eigenvalue weighted by atomic mass is 10.2. The minimum atomic E-state index is -0.0794. The predicted octanol–water partition coefficient (Wildman–Crippen LogP) is 1.38. The van der Waals surface area contributed by atoms with Gasteiger partial charge in [0.15, 0.2) is 0 Å². The summed E-state index contributed by atoms with van der Waals surface area (Å²) in [6, 6.07) is 5.38. The molecule has 0 aliphatic rings. The Morgan fingerprint density at radius 1 is 1.57 bits per heavy atom. The van der Waals surface area contributed by atoms with Crippen LogP contribution in [0.5, 0.6) is 0 Å². The SMILES string of the molecule is CC(CC=O)n1cc(C#N)cc1C#N. The van der Waals surface area contributed by atoms with Crippen LogP contribution in [0.3, 0.4) is 0 Å². The molecule has 1 unspecified atom stereocenters. The number of aldehydes is 1. The molecule has 0 aliphatic carbocycles. The van der Waals surface area contributed by atoms with E-state index < -0.39 is 0 Å². The van der Waals surface area contributed by atoms with E-state index >= 15 is 0 Å². The second-order valence-corrected chi connectivity index (χ2v) is 3.00. The zero-order chi connectivity index (χ0) is 10.6. The highest BCUT2D eigenvalue weighted by Crippen LogP contribution is 2.15. The summed E-state index contributed by atoms with van der Waals surface area (Å²) in [7, 11) is 0. The van der Waals surface area contributed by atoms with Crippen molar-refractivity contribution in [2.75, 3.05) is 0 Å². The Bertz CT molecular complexity index is 420. The van der Waals surface area contributed by atoms with E-state index in [1.807, 2.05) is 19.1 Å². The van der Waals surface area contributed by atoms with Crippen molar-refractivity contribution < 1.29 is 4.79 Å². The zero-order valence-corrected chi connectivity index (χ0v) is 7.77.